The number of carbonyl (C=O) groups is 2. The van der Waals surface area contributed by atoms with Gasteiger partial charge in [-0.3, -0.25) is 4.79 Å². The van der Waals surface area contributed by atoms with Gasteiger partial charge in [-0.25, -0.2) is 13.6 Å². The van der Waals surface area contributed by atoms with Crippen molar-refractivity contribution in [3.8, 4) is 5.75 Å². The van der Waals surface area contributed by atoms with Gasteiger partial charge in [-0.1, -0.05) is 24.3 Å². The highest BCUT2D eigenvalue weighted by Crippen LogP contribution is 2.21. The van der Waals surface area contributed by atoms with Crippen LogP contribution in [0.1, 0.15) is 5.56 Å². The highest BCUT2D eigenvalue weighted by atomic mass is 19.3. The van der Waals surface area contributed by atoms with Crippen LogP contribution in [-0.2, 0) is 14.3 Å². The minimum absolute atomic E-state index is 0.149. The first-order valence-electron chi connectivity index (χ1n) is 7.49. The number of carbonyl (C=O) groups excluding carboxylic acids is 2. The summed E-state index contributed by atoms with van der Waals surface area (Å²) in [5.74, 6) is -4.03. The largest absolute Gasteiger partial charge is 0.452 e. The van der Waals surface area contributed by atoms with Crippen LogP contribution in [0, 0.1) is 11.6 Å². The predicted molar refractivity (Wildman–Crippen MR) is 88.1 cm³/mol. The molecule has 27 heavy (non-hydrogen) atoms. The molecule has 0 atom stereocenters. The minimum atomic E-state index is -3.03. The first-order valence-corrected chi connectivity index (χ1v) is 7.49. The number of hydrogen-bond donors (Lipinski definition) is 1. The van der Waals surface area contributed by atoms with Crippen LogP contribution in [0.3, 0.4) is 0 Å². The van der Waals surface area contributed by atoms with Gasteiger partial charge in [0.2, 0.25) is 0 Å². The summed E-state index contributed by atoms with van der Waals surface area (Å²) >= 11 is 0. The van der Waals surface area contributed by atoms with Crippen LogP contribution in [0.4, 0.5) is 23.2 Å². The zero-order valence-corrected chi connectivity index (χ0v) is 13.6. The van der Waals surface area contributed by atoms with Crippen molar-refractivity contribution in [1.82, 2.24) is 0 Å². The molecular weight excluding hydrogens is 370 g/mol. The average Bonchev–Trinajstić information content (AvgIpc) is 2.62. The maximum atomic E-state index is 13.4. The molecule has 142 valence electrons. The van der Waals surface area contributed by atoms with E-state index in [4.69, 9.17) is 0 Å². The summed E-state index contributed by atoms with van der Waals surface area (Å²) < 4.78 is 60.4. The second-order valence-corrected chi connectivity index (χ2v) is 5.00. The molecule has 0 heterocycles. The molecule has 2 aromatic carbocycles. The van der Waals surface area contributed by atoms with Crippen molar-refractivity contribution in [3.63, 3.8) is 0 Å². The number of nitrogens with one attached hydrogen (secondary N) is 1. The predicted octanol–water partition coefficient (Wildman–Crippen LogP) is 3.76. The van der Waals surface area contributed by atoms with E-state index in [9.17, 15) is 27.2 Å². The lowest BCUT2D eigenvalue weighted by Gasteiger charge is -2.08. The lowest BCUT2D eigenvalue weighted by atomic mass is 10.2. The molecular formula is C18H13F4NO4. The molecule has 0 radical (unpaired) electrons. The Morgan fingerprint density at radius 2 is 1.70 bits per heavy atom. The lowest BCUT2D eigenvalue weighted by Crippen LogP contribution is -2.21. The minimum Gasteiger partial charge on any atom is -0.452 e. The third kappa shape index (κ3) is 6.14. The zero-order valence-electron chi connectivity index (χ0n) is 13.6. The molecule has 0 aromatic heterocycles. The van der Waals surface area contributed by atoms with Gasteiger partial charge in [0, 0.05) is 11.6 Å². The summed E-state index contributed by atoms with van der Waals surface area (Å²) in [5, 5.41) is 1.94. The van der Waals surface area contributed by atoms with Gasteiger partial charge in [0.15, 0.2) is 6.61 Å². The highest BCUT2D eigenvalue weighted by molar-refractivity contribution is 5.94. The fraction of sp³-hybridized carbons (Fsp3) is 0.111. The van der Waals surface area contributed by atoms with E-state index < -0.39 is 42.4 Å². The smallest absolute Gasteiger partial charge is 0.387 e. The van der Waals surface area contributed by atoms with E-state index in [1.807, 2.05) is 5.32 Å². The molecule has 0 fully saturated rings. The summed E-state index contributed by atoms with van der Waals surface area (Å²) in [6.07, 6.45) is 2.05. The zero-order chi connectivity index (χ0) is 19.8. The van der Waals surface area contributed by atoms with Crippen LogP contribution in [0.25, 0.3) is 6.08 Å². The van der Waals surface area contributed by atoms with E-state index in [0.29, 0.717) is 0 Å². The number of amides is 1. The molecule has 9 heteroatoms. The molecule has 2 aromatic rings. The third-order valence-corrected chi connectivity index (χ3v) is 3.11. The second kappa shape index (κ2) is 9.37. The Bertz CT molecular complexity index is 835. The molecule has 5 nitrogen and oxygen atoms in total. The number of alkyl halides is 2. The fourth-order valence-electron chi connectivity index (χ4n) is 1.96. The van der Waals surface area contributed by atoms with Gasteiger partial charge in [-0.15, -0.1) is 0 Å². The first-order chi connectivity index (χ1) is 12.9. The van der Waals surface area contributed by atoms with E-state index in [0.717, 1.165) is 30.4 Å². The number of ether oxygens (including phenoxy) is 2. The molecule has 1 N–H and O–H groups in total. The average molecular weight is 383 g/mol. The van der Waals surface area contributed by atoms with Gasteiger partial charge in [-0.05, 0) is 24.3 Å². The van der Waals surface area contributed by atoms with E-state index in [-0.39, 0.29) is 11.3 Å². The van der Waals surface area contributed by atoms with Gasteiger partial charge < -0.3 is 14.8 Å². The van der Waals surface area contributed by atoms with Crippen molar-refractivity contribution in [1.29, 1.82) is 0 Å². The van der Waals surface area contributed by atoms with Crippen LogP contribution in [0.2, 0.25) is 0 Å². The standard InChI is InChI=1S/C18H13F4NO4/c19-12-5-3-6-13(20)17(12)23-15(24)10-26-16(25)9-8-11-4-1-2-7-14(11)27-18(21)22/h1-9,18H,10H2,(H,23,24)/b9-8+. The topological polar surface area (TPSA) is 64.6 Å². The van der Waals surface area contributed by atoms with Crippen LogP contribution >= 0.6 is 0 Å². The summed E-state index contributed by atoms with van der Waals surface area (Å²) in [6.45, 7) is -3.83. The van der Waals surface area contributed by atoms with Crippen molar-refractivity contribution in [2.24, 2.45) is 0 Å². The van der Waals surface area contributed by atoms with Crippen molar-refractivity contribution in [3.05, 3.63) is 65.7 Å². The SMILES string of the molecule is O=C(COC(=O)/C=C/c1ccccc1OC(F)F)Nc1c(F)cccc1F. The van der Waals surface area contributed by atoms with E-state index in [2.05, 4.69) is 9.47 Å². The molecule has 0 aliphatic rings. The van der Waals surface area contributed by atoms with Crippen molar-refractivity contribution >= 4 is 23.6 Å². The molecule has 1 amide bonds. The monoisotopic (exact) mass is 383 g/mol. The van der Waals surface area contributed by atoms with Crippen LogP contribution in [0.5, 0.6) is 5.75 Å². The molecule has 0 saturated heterocycles. The van der Waals surface area contributed by atoms with E-state index >= 15 is 0 Å². The van der Waals surface area contributed by atoms with Gasteiger partial charge in [0.25, 0.3) is 5.91 Å². The number of rotatable bonds is 7. The Kier molecular flexibility index (Phi) is 6.93. The van der Waals surface area contributed by atoms with Crippen molar-refractivity contribution in [2.75, 3.05) is 11.9 Å². The number of esters is 1. The first kappa shape index (κ1) is 20.0. The number of hydrogen-bond acceptors (Lipinski definition) is 4. The Hall–Kier alpha value is -3.36. The summed E-state index contributed by atoms with van der Waals surface area (Å²) in [5.41, 5.74) is -0.472. The Balaban J connectivity index is 1.91. The van der Waals surface area contributed by atoms with Crippen molar-refractivity contribution < 1.29 is 36.6 Å². The number of para-hydroxylation sites is 2. The van der Waals surface area contributed by atoms with Crippen LogP contribution in [-0.4, -0.2) is 25.1 Å². The second-order valence-electron chi connectivity index (χ2n) is 5.00. The fourth-order valence-corrected chi connectivity index (χ4v) is 1.96. The van der Waals surface area contributed by atoms with Crippen LogP contribution < -0.4 is 10.1 Å². The number of benzene rings is 2. The molecule has 0 saturated carbocycles. The molecule has 2 rings (SSSR count). The van der Waals surface area contributed by atoms with Gasteiger partial charge in [-0.2, -0.15) is 8.78 Å². The Morgan fingerprint density at radius 3 is 2.37 bits per heavy atom. The molecule has 0 aliphatic heterocycles. The van der Waals surface area contributed by atoms with Gasteiger partial charge in [0.1, 0.15) is 23.1 Å². The summed E-state index contributed by atoms with van der Waals surface area (Å²) in [6, 6.07) is 8.75. The quantitative estimate of drug-likeness (QED) is 0.449. The molecule has 0 aliphatic carbocycles. The number of anilines is 1. The normalized spacial score (nSPS) is 10.9. The Labute approximate surface area is 151 Å². The van der Waals surface area contributed by atoms with Gasteiger partial charge >= 0.3 is 12.6 Å². The Morgan fingerprint density at radius 1 is 1.04 bits per heavy atom. The maximum absolute atomic E-state index is 13.4. The number of halogens is 4. The van der Waals surface area contributed by atoms with Crippen LogP contribution in [0.15, 0.2) is 48.5 Å². The van der Waals surface area contributed by atoms with E-state index in [1.165, 1.54) is 18.2 Å². The van der Waals surface area contributed by atoms with Crippen molar-refractivity contribution in [2.45, 2.75) is 6.61 Å². The lowest BCUT2D eigenvalue weighted by molar-refractivity contribution is -0.142. The highest BCUT2D eigenvalue weighted by Gasteiger charge is 2.13. The third-order valence-electron chi connectivity index (χ3n) is 3.11. The molecule has 0 bridgehead atoms. The summed E-state index contributed by atoms with van der Waals surface area (Å²) in [7, 11) is 0. The maximum Gasteiger partial charge on any atom is 0.387 e. The van der Waals surface area contributed by atoms with Gasteiger partial charge in [0.05, 0.1) is 0 Å². The molecule has 0 spiro atoms. The van der Waals surface area contributed by atoms with E-state index in [1.54, 1.807) is 6.07 Å². The molecule has 0 unspecified atom stereocenters. The summed E-state index contributed by atoms with van der Waals surface area (Å²) in [4.78, 5) is 23.2.